The molecule has 0 N–H and O–H groups in total. The summed E-state index contributed by atoms with van der Waals surface area (Å²) in [7, 11) is 3.22. The van der Waals surface area contributed by atoms with Gasteiger partial charge in [-0.15, -0.1) is 0 Å². The first kappa shape index (κ1) is 19.4. The van der Waals surface area contributed by atoms with E-state index >= 15 is 0 Å². The van der Waals surface area contributed by atoms with Crippen LogP contribution in [0.25, 0.3) is 0 Å². The number of benzene rings is 1. The highest BCUT2D eigenvalue weighted by Crippen LogP contribution is 2.33. The fraction of sp³-hybridized carbons (Fsp3) is 0.550. The number of methoxy groups -OCH3 is 1. The Morgan fingerprint density at radius 2 is 1.81 bits per heavy atom. The Balaban J connectivity index is 1.43. The van der Waals surface area contributed by atoms with Crippen LogP contribution >= 0.6 is 0 Å². The van der Waals surface area contributed by atoms with Gasteiger partial charge in [0.05, 0.1) is 7.11 Å². The van der Waals surface area contributed by atoms with Gasteiger partial charge < -0.3 is 9.64 Å². The molecule has 0 amide bonds. The molecule has 0 saturated carbocycles. The summed E-state index contributed by atoms with van der Waals surface area (Å²) >= 11 is 0. The summed E-state index contributed by atoms with van der Waals surface area (Å²) in [5.41, 5.74) is 0.606. The number of likely N-dealkylation sites (tertiary alicyclic amines) is 1. The molecule has 0 unspecified atom stereocenters. The van der Waals surface area contributed by atoms with Crippen molar-refractivity contribution in [1.82, 2.24) is 19.2 Å². The van der Waals surface area contributed by atoms with Gasteiger partial charge in [-0.1, -0.05) is 18.2 Å². The van der Waals surface area contributed by atoms with Crippen LogP contribution in [-0.2, 0) is 13.6 Å². The molecule has 0 radical (unpaired) electrons. The maximum Gasteiger partial charge on any atom is 0.347 e. The van der Waals surface area contributed by atoms with Crippen LogP contribution in [0.3, 0.4) is 0 Å². The molecule has 1 aliphatic rings. The zero-order valence-corrected chi connectivity index (χ0v) is 16.1. The topological polar surface area (TPSA) is 69.4 Å². The molecule has 2 heterocycles. The summed E-state index contributed by atoms with van der Waals surface area (Å²) in [6, 6.07) is 8.32. The van der Waals surface area contributed by atoms with Gasteiger partial charge >= 0.3 is 5.69 Å². The molecule has 7 nitrogen and oxygen atoms in total. The van der Waals surface area contributed by atoms with Crippen LogP contribution in [-0.4, -0.2) is 46.0 Å². The van der Waals surface area contributed by atoms with Gasteiger partial charge in [0.1, 0.15) is 11.9 Å². The maximum absolute atomic E-state index is 12.0. The quantitative estimate of drug-likeness (QED) is 0.691. The number of nitrogens with zero attached hydrogens (tertiary/aromatic N) is 4. The first-order valence-corrected chi connectivity index (χ1v) is 9.58. The second-order valence-corrected chi connectivity index (χ2v) is 7.11. The van der Waals surface area contributed by atoms with Gasteiger partial charge in [0, 0.05) is 13.6 Å². The Hall–Kier alpha value is -2.41. The Kier molecular flexibility index (Phi) is 6.45. The van der Waals surface area contributed by atoms with E-state index in [1.54, 1.807) is 7.11 Å². The largest absolute Gasteiger partial charge is 0.496 e. The highest BCUT2D eigenvalue weighted by Gasteiger charge is 2.22. The number of ether oxygens (including phenoxy) is 1. The second-order valence-electron chi connectivity index (χ2n) is 7.11. The van der Waals surface area contributed by atoms with E-state index in [2.05, 4.69) is 22.1 Å². The fourth-order valence-electron chi connectivity index (χ4n) is 3.74. The third kappa shape index (κ3) is 4.66. The zero-order valence-electron chi connectivity index (χ0n) is 16.1. The van der Waals surface area contributed by atoms with Crippen molar-refractivity contribution in [2.45, 2.75) is 38.1 Å². The van der Waals surface area contributed by atoms with Gasteiger partial charge in [-0.05, 0) is 62.9 Å². The van der Waals surface area contributed by atoms with E-state index in [1.807, 2.05) is 12.1 Å². The summed E-state index contributed by atoms with van der Waals surface area (Å²) in [4.78, 5) is 25.8. The van der Waals surface area contributed by atoms with Gasteiger partial charge in [-0.2, -0.15) is 5.10 Å². The predicted octanol–water partition coefficient (Wildman–Crippen LogP) is 1.61. The molecule has 146 valence electrons. The van der Waals surface area contributed by atoms with Gasteiger partial charge in [-0.3, -0.25) is 9.36 Å². The third-order valence-electron chi connectivity index (χ3n) is 5.41. The Morgan fingerprint density at radius 3 is 2.56 bits per heavy atom. The summed E-state index contributed by atoms with van der Waals surface area (Å²) in [6.07, 6.45) is 5.36. The molecule has 7 heteroatoms. The monoisotopic (exact) mass is 372 g/mol. The summed E-state index contributed by atoms with van der Waals surface area (Å²) in [6.45, 7) is 3.74. The molecule has 1 saturated heterocycles. The number of hydrogen-bond acceptors (Lipinski definition) is 5. The lowest BCUT2D eigenvalue weighted by molar-refractivity contribution is 0.205. The van der Waals surface area contributed by atoms with Crippen LogP contribution in [0.4, 0.5) is 0 Å². The molecule has 2 aromatic rings. The average molecular weight is 372 g/mol. The van der Waals surface area contributed by atoms with Crippen molar-refractivity contribution in [3.63, 3.8) is 0 Å². The molecule has 0 aliphatic carbocycles. The molecular formula is C20H28N4O3. The standard InChI is InChI=1S/C20H28N4O3/c1-22-19(25)15-21-24(20(22)26)12-6-5-11-23-13-9-16(10-14-23)17-7-3-4-8-18(17)27-2/h3-4,7-8,15-16H,5-6,9-14H2,1-2H3. The number of rotatable bonds is 7. The maximum atomic E-state index is 12.0. The molecule has 0 atom stereocenters. The van der Waals surface area contributed by atoms with E-state index in [-0.39, 0.29) is 11.2 Å². The fourth-order valence-corrected chi connectivity index (χ4v) is 3.74. The number of hydrogen-bond donors (Lipinski definition) is 0. The first-order valence-electron chi connectivity index (χ1n) is 9.58. The van der Waals surface area contributed by atoms with E-state index in [4.69, 9.17) is 4.74 Å². The van der Waals surface area contributed by atoms with Crippen LogP contribution in [0.2, 0.25) is 0 Å². The molecule has 3 rings (SSSR count). The van der Waals surface area contributed by atoms with Crippen molar-refractivity contribution < 1.29 is 4.74 Å². The average Bonchev–Trinajstić information content (AvgIpc) is 2.71. The Bertz CT molecular complexity index is 866. The van der Waals surface area contributed by atoms with Gasteiger partial charge in [0.2, 0.25) is 0 Å². The highest BCUT2D eigenvalue weighted by atomic mass is 16.5. The molecule has 1 aromatic carbocycles. The first-order chi connectivity index (χ1) is 13.1. The molecule has 0 bridgehead atoms. The van der Waals surface area contributed by atoms with Crippen LogP contribution in [0.5, 0.6) is 5.75 Å². The number of piperidine rings is 1. The number of unbranched alkanes of at least 4 members (excludes halogenated alkanes) is 1. The minimum absolute atomic E-state index is 0.347. The normalized spacial score (nSPS) is 15.8. The van der Waals surface area contributed by atoms with E-state index in [9.17, 15) is 9.59 Å². The van der Waals surface area contributed by atoms with Crippen molar-refractivity contribution in [3.05, 3.63) is 56.9 Å². The molecule has 27 heavy (non-hydrogen) atoms. The van der Waals surface area contributed by atoms with Crippen molar-refractivity contribution in [1.29, 1.82) is 0 Å². The van der Waals surface area contributed by atoms with Crippen molar-refractivity contribution in [2.24, 2.45) is 7.05 Å². The minimum atomic E-state index is -0.367. The van der Waals surface area contributed by atoms with Crippen molar-refractivity contribution >= 4 is 0 Å². The van der Waals surface area contributed by atoms with Crippen LogP contribution < -0.4 is 16.0 Å². The van der Waals surface area contributed by atoms with Crippen molar-refractivity contribution in [3.8, 4) is 5.75 Å². The number of aryl methyl sites for hydroxylation is 1. The van der Waals surface area contributed by atoms with Gasteiger partial charge in [0.25, 0.3) is 5.56 Å². The predicted molar refractivity (Wildman–Crippen MR) is 104 cm³/mol. The summed E-state index contributed by atoms with van der Waals surface area (Å²) < 4.78 is 7.97. The number of para-hydroxylation sites is 1. The van der Waals surface area contributed by atoms with E-state index in [1.165, 1.54) is 23.5 Å². The van der Waals surface area contributed by atoms with Crippen LogP contribution in [0, 0.1) is 0 Å². The summed E-state index contributed by atoms with van der Waals surface area (Å²) in [5.74, 6) is 1.55. The van der Waals surface area contributed by atoms with Crippen molar-refractivity contribution in [2.75, 3.05) is 26.7 Å². The van der Waals surface area contributed by atoms with E-state index < -0.39 is 0 Å². The zero-order chi connectivity index (χ0) is 19.2. The smallest absolute Gasteiger partial charge is 0.347 e. The van der Waals surface area contributed by atoms with E-state index in [0.717, 1.165) is 55.6 Å². The highest BCUT2D eigenvalue weighted by molar-refractivity contribution is 5.36. The Labute approximate surface area is 159 Å². The molecule has 1 aliphatic heterocycles. The van der Waals surface area contributed by atoms with E-state index in [0.29, 0.717) is 12.5 Å². The molecule has 1 fully saturated rings. The number of aromatic nitrogens is 3. The van der Waals surface area contributed by atoms with Gasteiger partial charge in [-0.25, -0.2) is 9.48 Å². The van der Waals surface area contributed by atoms with Crippen LogP contribution in [0.15, 0.2) is 40.1 Å². The van der Waals surface area contributed by atoms with Crippen LogP contribution in [0.1, 0.15) is 37.2 Å². The SMILES string of the molecule is COc1ccccc1C1CCN(CCCCn2ncc(=O)n(C)c2=O)CC1. The van der Waals surface area contributed by atoms with Gasteiger partial charge in [0.15, 0.2) is 0 Å². The molecule has 0 spiro atoms. The lowest BCUT2D eigenvalue weighted by Gasteiger charge is -2.32. The second kappa shape index (κ2) is 8.99. The lowest BCUT2D eigenvalue weighted by atomic mass is 9.89. The third-order valence-corrected chi connectivity index (χ3v) is 5.41. The lowest BCUT2D eigenvalue weighted by Crippen LogP contribution is -2.39. The Morgan fingerprint density at radius 1 is 1.11 bits per heavy atom. The molecule has 1 aromatic heterocycles. The summed E-state index contributed by atoms with van der Waals surface area (Å²) in [5, 5.41) is 3.93. The molecular weight excluding hydrogens is 344 g/mol. The minimum Gasteiger partial charge on any atom is -0.496 e.